The number of fused-ring (bicyclic) bond motifs is 2. The van der Waals surface area contributed by atoms with Gasteiger partial charge in [-0.3, -0.25) is 20.2 Å². The number of methoxy groups -OCH3 is 1. The fourth-order valence-corrected chi connectivity index (χ4v) is 4.31. The Morgan fingerprint density at radius 1 is 1.22 bits per heavy atom. The van der Waals surface area contributed by atoms with Crippen LogP contribution in [-0.4, -0.2) is 34.5 Å². The average molecular weight is 447 g/mol. The molecule has 1 aliphatic heterocycles. The molecule has 1 amide bonds. The summed E-state index contributed by atoms with van der Waals surface area (Å²) in [6.45, 7) is 0.796. The molecule has 2 aromatic heterocycles. The van der Waals surface area contributed by atoms with Gasteiger partial charge in [-0.2, -0.15) is 0 Å². The van der Waals surface area contributed by atoms with Gasteiger partial charge < -0.3 is 9.64 Å². The first kappa shape index (κ1) is 19.9. The molecule has 32 heavy (non-hydrogen) atoms. The highest BCUT2D eigenvalue weighted by Crippen LogP contribution is 2.35. The van der Waals surface area contributed by atoms with E-state index >= 15 is 0 Å². The molecule has 0 radical (unpaired) electrons. The Morgan fingerprint density at radius 2 is 2.03 bits per heavy atom. The summed E-state index contributed by atoms with van der Waals surface area (Å²) in [5, 5.41) is 14.5. The van der Waals surface area contributed by atoms with Crippen LogP contribution in [-0.2, 0) is 6.42 Å². The summed E-state index contributed by atoms with van der Waals surface area (Å²) in [4.78, 5) is 33.6. The highest BCUT2D eigenvalue weighted by Gasteiger charge is 2.23. The Hall–Kier alpha value is -4.05. The standard InChI is InChI=1S/C22H17N5O4S/c1-31-17-7-4-14-10-15-8-9-26(20(15)24-18(14)11-17)16-5-2-13(3-6-16)21(28)25-22-23-12-19(32-22)27(29)30/h2-7,10-12H,8-9H2,1H3,(H,23,25,28). The van der Waals surface area contributed by atoms with Crippen molar-refractivity contribution in [3.8, 4) is 5.75 Å². The van der Waals surface area contributed by atoms with Crippen LogP contribution in [0.4, 0.5) is 21.6 Å². The van der Waals surface area contributed by atoms with Crippen LogP contribution in [0.15, 0.2) is 54.7 Å². The Balaban J connectivity index is 1.37. The Morgan fingerprint density at radius 3 is 2.75 bits per heavy atom. The third-order valence-corrected chi connectivity index (χ3v) is 6.14. The fourth-order valence-electron chi connectivity index (χ4n) is 3.68. The van der Waals surface area contributed by atoms with E-state index in [9.17, 15) is 14.9 Å². The van der Waals surface area contributed by atoms with Crippen molar-refractivity contribution >= 4 is 49.8 Å². The molecule has 5 rings (SSSR count). The number of anilines is 3. The number of rotatable bonds is 5. The Kier molecular flexibility index (Phi) is 4.91. The van der Waals surface area contributed by atoms with Crippen LogP contribution in [0.1, 0.15) is 15.9 Å². The van der Waals surface area contributed by atoms with Crippen molar-refractivity contribution in [1.29, 1.82) is 0 Å². The Labute approximate surface area is 186 Å². The minimum Gasteiger partial charge on any atom is -0.497 e. The maximum atomic E-state index is 12.5. The van der Waals surface area contributed by atoms with Crippen LogP contribution < -0.4 is 15.0 Å². The number of hydrogen-bond acceptors (Lipinski definition) is 8. The van der Waals surface area contributed by atoms with Crippen LogP contribution in [0, 0.1) is 10.1 Å². The SMILES string of the molecule is COc1ccc2cc3c(nc2c1)N(c1ccc(C(=O)Nc2ncc([N+](=O)[O-])s2)cc1)CC3. The minimum atomic E-state index is -0.538. The zero-order chi connectivity index (χ0) is 22.2. The molecule has 0 spiro atoms. The van der Waals surface area contributed by atoms with Crippen molar-refractivity contribution in [2.75, 3.05) is 23.9 Å². The number of pyridine rings is 1. The lowest BCUT2D eigenvalue weighted by Crippen LogP contribution is -2.15. The number of nitrogens with zero attached hydrogens (tertiary/aromatic N) is 4. The monoisotopic (exact) mass is 447 g/mol. The topological polar surface area (TPSA) is 110 Å². The van der Waals surface area contributed by atoms with E-state index in [1.165, 1.54) is 5.56 Å². The highest BCUT2D eigenvalue weighted by atomic mass is 32.1. The summed E-state index contributed by atoms with van der Waals surface area (Å²) < 4.78 is 5.32. The summed E-state index contributed by atoms with van der Waals surface area (Å²) in [6.07, 6.45) is 2.01. The maximum absolute atomic E-state index is 12.5. The molecule has 3 heterocycles. The van der Waals surface area contributed by atoms with Gasteiger partial charge in [0.1, 0.15) is 17.8 Å². The molecule has 4 aromatic rings. The molecule has 0 saturated carbocycles. The number of hydrogen-bond donors (Lipinski definition) is 1. The molecular formula is C22H17N5O4S. The number of aromatic nitrogens is 2. The van der Waals surface area contributed by atoms with E-state index in [-0.39, 0.29) is 16.0 Å². The first-order valence-electron chi connectivity index (χ1n) is 9.78. The highest BCUT2D eigenvalue weighted by molar-refractivity contribution is 7.18. The van der Waals surface area contributed by atoms with E-state index < -0.39 is 4.92 Å². The lowest BCUT2D eigenvalue weighted by molar-refractivity contribution is -0.380. The van der Waals surface area contributed by atoms with Crippen molar-refractivity contribution in [1.82, 2.24) is 9.97 Å². The van der Waals surface area contributed by atoms with E-state index in [1.54, 1.807) is 19.2 Å². The number of carbonyl (C=O) groups excluding carboxylic acids is 1. The van der Waals surface area contributed by atoms with E-state index in [2.05, 4.69) is 21.3 Å². The smallest absolute Gasteiger partial charge is 0.345 e. The summed E-state index contributed by atoms with van der Waals surface area (Å²) in [5.41, 5.74) is 3.40. The van der Waals surface area contributed by atoms with Crippen LogP contribution >= 0.6 is 11.3 Å². The van der Waals surface area contributed by atoms with Gasteiger partial charge in [-0.1, -0.05) is 0 Å². The molecule has 2 aromatic carbocycles. The van der Waals surface area contributed by atoms with Crippen LogP contribution in [0.5, 0.6) is 5.75 Å². The second kappa shape index (κ2) is 7.89. The molecule has 0 saturated heterocycles. The van der Waals surface area contributed by atoms with Crippen molar-refractivity contribution in [2.24, 2.45) is 0 Å². The van der Waals surface area contributed by atoms with Gasteiger partial charge in [0.15, 0.2) is 5.13 Å². The molecule has 0 fully saturated rings. The normalized spacial score (nSPS) is 12.6. The van der Waals surface area contributed by atoms with Crippen LogP contribution in [0.25, 0.3) is 10.9 Å². The number of amides is 1. The molecule has 0 unspecified atom stereocenters. The maximum Gasteiger partial charge on any atom is 0.345 e. The number of thiazole rings is 1. The predicted molar refractivity (Wildman–Crippen MR) is 122 cm³/mol. The zero-order valence-corrected chi connectivity index (χ0v) is 17.8. The molecular weight excluding hydrogens is 430 g/mol. The molecule has 10 heteroatoms. The summed E-state index contributed by atoms with van der Waals surface area (Å²) in [7, 11) is 1.63. The molecule has 1 N–H and O–H groups in total. The molecule has 160 valence electrons. The zero-order valence-electron chi connectivity index (χ0n) is 16.9. The van der Waals surface area contributed by atoms with Gasteiger partial charge in [-0.15, -0.1) is 0 Å². The first-order chi connectivity index (χ1) is 15.5. The summed E-state index contributed by atoms with van der Waals surface area (Å²) in [5.74, 6) is 1.28. The molecule has 0 aliphatic carbocycles. The summed E-state index contributed by atoms with van der Waals surface area (Å²) in [6, 6.07) is 15.2. The molecule has 1 aliphatic rings. The van der Waals surface area contributed by atoms with Crippen molar-refractivity contribution < 1.29 is 14.5 Å². The second-order valence-electron chi connectivity index (χ2n) is 7.19. The second-order valence-corrected chi connectivity index (χ2v) is 8.20. The fraction of sp³-hybridized carbons (Fsp3) is 0.136. The van der Waals surface area contributed by atoms with Gasteiger partial charge in [0, 0.05) is 29.2 Å². The van der Waals surface area contributed by atoms with Gasteiger partial charge in [-0.05, 0) is 65.8 Å². The molecule has 9 nitrogen and oxygen atoms in total. The van der Waals surface area contributed by atoms with Crippen molar-refractivity contribution in [3.63, 3.8) is 0 Å². The number of benzene rings is 2. The third kappa shape index (κ3) is 3.60. The largest absolute Gasteiger partial charge is 0.497 e. The van der Waals surface area contributed by atoms with Gasteiger partial charge in [0.05, 0.1) is 17.5 Å². The van der Waals surface area contributed by atoms with E-state index in [1.807, 2.05) is 30.3 Å². The number of carbonyl (C=O) groups is 1. The number of nitro groups is 1. The Bertz CT molecular complexity index is 1350. The van der Waals surface area contributed by atoms with Gasteiger partial charge in [0.25, 0.3) is 5.91 Å². The average Bonchev–Trinajstić information content (AvgIpc) is 3.44. The quantitative estimate of drug-likeness (QED) is 0.353. The molecule has 0 bridgehead atoms. The van der Waals surface area contributed by atoms with Gasteiger partial charge in [0.2, 0.25) is 0 Å². The van der Waals surface area contributed by atoms with Crippen molar-refractivity contribution in [2.45, 2.75) is 6.42 Å². The van der Waals surface area contributed by atoms with E-state index in [4.69, 9.17) is 9.72 Å². The lowest BCUT2D eigenvalue weighted by atomic mass is 10.1. The minimum absolute atomic E-state index is 0.124. The number of ether oxygens (including phenoxy) is 1. The van der Waals surface area contributed by atoms with E-state index in [0.717, 1.165) is 58.7 Å². The van der Waals surface area contributed by atoms with Crippen LogP contribution in [0.3, 0.4) is 0 Å². The van der Waals surface area contributed by atoms with Gasteiger partial charge >= 0.3 is 5.00 Å². The summed E-state index contributed by atoms with van der Waals surface area (Å²) >= 11 is 0.816. The first-order valence-corrected chi connectivity index (χ1v) is 10.6. The number of nitrogens with one attached hydrogen (secondary N) is 1. The third-order valence-electron chi connectivity index (χ3n) is 5.28. The lowest BCUT2D eigenvalue weighted by Gasteiger charge is -2.19. The van der Waals surface area contributed by atoms with Gasteiger partial charge in [-0.25, -0.2) is 9.97 Å². The van der Waals surface area contributed by atoms with Crippen LogP contribution in [0.2, 0.25) is 0 Å². The molecule has 0 atom stereocenters. The predicted octanol–water partition coefficient (Wildman–Crippen LogP) is 4.55. The van der Waals surface area contributed by atoms with Crippen molar-refractivity contribution in [3.05, 3.63) is 76.0 Å². The van der Waals surface area contributed by atoms with E-state index in [0.29, 0.717) is 5.56 Å².